The molecule has 3 aliphatic heterocycles. The van der Waals surface area contributed by atoms with Crippen molar-refractivity contribution in [2.45, 2.75) is 69.7 Å². The maximum Gasteiger partial charge on any atom is 0.0724 e. The first-order valence-electron chi connectivity index (χ1n) is 8.59. The van der Waals surface area contributed by atoms with Crippen LogP contribution in [0.1, 0.15) is 52.4 Å². The van der Waals surface area contributed by atoms with E-state index in [4.69, 9.17) is 9.47 Å². The zero-order valence-corrected chi connectivity index (χ0v) is 14.3. The third-order valence-electron chi connectivity index (χ3n) is 5.82. The highest BCUT2D eigenvalue weighted by Gasteiger charge is 2.48. The van der Waals surface area contributed by atoms with E-state index in [0.717, 1.165) is 45.1 Å². The molecule has 0 radical (unpaired) electrons. The normalized spacial score (nSPS) is 40.6. The molecule has 3 saturated heterocycles. The summed E-state index contributed by atoms with van der Waals surface area (Å²) in [7, 11) is 0. The standard InChI is InChI=1S/C17H30O3S/c1-13(2)15-12-17(18,4-8-19-15)14-3-7-20-16(11-14)5-9-21-10-6-16/h13-15,18H,3-12H2,1-2H3. The molecule has 3 heterocycles. The predicted molar refractivity (Wildman–Crippen MR) is 86.7 cm³/mol. The zero-order valence-electron chi connectivity index (χ0n) is 13.5. The van der Waals surface area contributed by atoms with Crippen molar-refractivity contribution in [3.05, 3.63) is 0 Å². The molecule has 0 aromatic rings. The van der Waals surface area contributed by atoms with Crippen molar-refractivity contribution in [2.24, 2.45) is 11.8 Å². The third-order valence-corrected chi connectivity index (χ3v) is 6.81. The molecule has 21 heavy (non-hydrogen) atoms. The average molecular weight is 314 g/mol. The number of thioether (sulfide) groups is 1. The van der Waals surface area contributed by atoms with Crippen LogP contribution in [0.5, 0.6) is 0 Å². The minimum Gasteiger partial charge on any atom is -0.389 e. The second-order valence-electron chi connectivity index (χ2n) is 7.54. The van der Waals surface area contributed by atoms with Gasteiger partial charge in [0.2, 0.25) is 0 Å². The van der Waals surface area contributed by atoms with E-state index in [1.165, 1.54) is 11.5 Å². The van der Waals surface area contributed by atoms with Crippen LogP contribution in [0.4, 0.5) is 0 Å². The summed E-state index contributed by atoms with van der Waals surface area (Å²) >= 11 is 2.04. The van der Waals surface area contributed by atoms with Gasteiger partial charge in [-0.05, 0) is 55.4 Å². The van der Waals surface area contributed by atoms with Crippen molar-refractivity contribution in [3.8, 4) is 0 Å². The number of ether oxygens (including phenoxy) is 2. The fraction of sp³-hybridized carbons (Fsp3) is 1.00. The van der Waals surface area contributed by atoms with E-state index in [2.05, 4.69) is 13.8 Å². The molecular weight excluding hydrogens is 284 g/mol. The van der Waals surface area contributed by atoms with Gasteiger partial charge in [-0.15, -0.1) is 0 Å². The molecule has 0 saturated carbocycles. The van der Waals surface area contributed by atoms with Crippen LogP contribution in [0.15, 0.2) is 0 Å². The number of hydrogen-bond donors (Lipinski definition) is 1. The largest absolute Gasteiger partial charge is 0.389 e. The monoisotopic (exact) mass is 314 g/mol. The quantitative estimate of drug-likeness (QED) is 0.849. The van der Waals surface area contributed by atoms with Gasteiger partial charge in [0.15, 0.2) is 0 Å². The topological polar surface area (TPSA) is 38.7 Å². The molecule has 3 rings (SSSR count). The van der Waals surface area contributed by atoms with Crippen molar-refractivity contribution in [3.63, 3.8) is 0 Å². The highest BCUT2D eigenvalue weighted by Crippen LogP contribution is 2.46. The van der Waals surface area contributed by atoms with Crippen LogP contribution in [0.2, 0.25) is 0 Å². The average Bonchev–Trinajstić information content (AvgIpc) is 2.48. The molecule has 3 aliphatic rings. The fourth-order valence-electron chi connectivity index (χ4n) is 4.27. The molecule has 4 heteroatoms. The lowest BCUT2D eigenvalue weighted by atomic mass is 9.69. The van der Waals surface area contributed by atoms with Gasteiger partial charge in [0.1, 0.15) is 0 Å². The Morgan fingerprint density at radius 1 is 1.10 bits per heavy atom. The Bertz CT molecular complexity index is 348. The molecule has 0 aromatic carbocycles. The molecule has 3 unspecified atom stereocenters. The number of aliphatic hydroxyl groups is 1. The molecule has 122 valence electrons. The van der Waals surface area contributed by atoms with Crippen molar-refractivity contribution in [2.75, 3.05) is 24.7 Å². The van der Waals surface area contributed by atoms with Gasteiger partial charge in [-0.2, -0.15) is 11.8 Å². The maximum absolute atomic E-state index is 11.3. The molecule has 1 spiro atoms. The number of rotatable bonds is 2. The van der Waals surface area contributed by atoms with E-state index in [0.29, 0.717) is 18.4 Å². The summed E-state index contributed by atoms with van der Waals surface area (Å²) in [5.74, 6) is 3.29. The Hall–Kier alpha value is 0.230. The van der Waals surface area contributed by atoms with Crippen LogP contribution < -0.4 is 0 Å². The first kappa shape index (κ1) is 16.1. The van der Waals surface area contributed by atoms with Gasteiger partial charge in [0.05, 0.1) is 17.3 Å². The van der Waals surface area contributed by atoms with Gasteiger partial charge < -0.3 is 14.6 Å². The smallest absolute Gasteiger partial charge is 0.0724 e. The van der Waals surface area contributed by atoms with Gasteiger partial charge in [-0.1, -0.05) is 13.8 Å². The first-order chi connectivity index (χ1) is 10.0. The van der Waals surface area contributed by atoms with Crippen LogP contribution >= 0.6 is 11.8 Å². The maximum atomic E-state index is 11.3. The van der Waals surface area contributed by atoms with Crippen molar-refractivity contribution >= 4 is 11.8 Å². The van der Waals surface area contributed by atoms with Crippen molar-refractivity contribution < 1.29 is 14.6 Å². The summed E-state index contributed by atoms with van der Waals surface area (Å²) in [6.45, 7) is 5.92. The molecular formula is C17H30O3S. The molecule has 1 N–H and O–H groups in total. The Labute approximate surface area is 133 Å². The van der Waals surface area contributed by atoms with Crippen LogP contribution in [-0.4, -0.2) is 47.1 Å². The summed E-state index contributed by atoms with van der Waals surface area (Å²) in [4.78, 5) is 0. The highest BCUT2D eigenvalue weighted by atomic mass is 32.2. The van der Waals surface area contributed by atoms with E-state index in [1.54, 1.807) is 0 Å². The fourth-order valence-corrected chi connectivity index (χ4v) is 5.51. The minimum absolute atomic E-state index is 0.0650. The van der Waals surface area contributed by atoms with Crippen LogP contribution in [0, 0.1) is 11.8 Å². The van der Waals surface area contributed by atoms with E-state index in [1.807, 2.05) is 11.8 Å². The lowest BCUT2D eigenvalue weighted by Crippen LogP contribution is -2.53. The zero-order chi connectivity index (χ0) is 14.9. The Balaban J connectivity index is 1.69. The lowest BCUT2D eigenvalue weighted by molar-refractivity contribution is -0.186. The Morgan fingerprint density at radius 2 is 1.86 bits per heavy atom. The summed E-state index contributed by atoms with van der Waals surface area (Å²) in [6, 6.07) is 0. The summed E-state index contributed by atoms with van der Waals surface area (Å²) in [5, 5.41) is 11.3. The third kappa shape index (κ3) is 3.44. The first-order valence-corrected chi connectivity index (χ1v) is 9.74. The summed E-state index contributed by atoms with van der Waals surface area (Å²) in [5.41, 5.74) is -0.468. The van der Waals surface area contributed by atoms with Gasteiger partial charge >= 0.3 is 0 Å². The Kier molecular flexibility index (Phi) is 4.90. The molecule has 3 nitrogen and oxygen atoms in total. The SMILES string of the molecule is CC(C)C1CC(O)(C2CCOC3(CCSCC3)C2)CCO1. The molecule has 0 bridgehead atoms. The minimum atomic E-state index is -0.533. The van der Waals surface area contributed by atoms with Crippen molar-refractivity contribution in [1.82, 2.24) is 0 Å². The van der Waals surface area contributed by atoms with Gasteiger partial charge in [0.25, 0.3) is 0 Å². The van der Waals surface area contributed by atoms with E-state index in [-0.39, 0.29) is 11.7 Å². The molecule has 3 fully saturated rings. The summed E-state index contributed by atoms with van der Waals surface area (Å²) < 4.78 is 12.1. The molecule has 0 amide bonds. The van der Waals surface area contributed by atoms with E-state index >= 15 is 0 Å². The van der Waals surface area contributed by atoms with Gasteiger partial charge in [-0.3, -0.25) is 0 Å². The van der Waals surface area contributed by atoms with E-state index in [9.17, 15) is 5.11 Å². The second kappa shape index (κ2) is 6.38. The van der Waals surface area contributed by atoms with Gasteiger partial charge in [-0.25, -0.2) is 0 Å². The predicted octanol–water partition coefficient (Wildman–Crippen LogP) is 3.24. The van der Waals surface area contributed by atoms with Crippen molar-refractivity contribution in [1.29, 1.82) is 0 Å². The van der Waals surface area contributed by atoms with E-state index < -0.39 is 5.60 Å². The molecule has 0 aliphatic carbocycles. The highest BCUT2D eigenvalue weighted by molar-refractivity contribution is 7.99. The number of hydrogen-bond acceptors (Lipinski definition) is 4. The summed E-state index contributed by atoms with van der Waals surface area (Å²) in [6.07, 6.45) is 6.20. The lowest BCUT2D eigenvalue weighted by Gasteiger charge is -2.50. The van der Waals surface area contributed by atoms with Crippen LogP contribution in [0.25, 0.3) is 0 Å². The second-order valence-corrected chi connectivity index (χ2v) is 8.77. The Morgan fingerprint density at radius 3 is 2.57 bits per heavy atom. The molecule has 3 atom stereocenters. The van der Waals surface area contributed by atoms with Gasteiger partial charge in [0, 0.05) is 19.6 Å². The van der Waals surface area contributed by atoms with Crippen LogP contribution in [0.3, 0.4) is 0 Å². The van der Waals surface area contributed by atoms with Crippen LogP contribution in [-0.2, 0) is 9.47 Å². The molecule has 0 aromatic heterocycles.